The Hall–Kier alpha value is -1.33. The molecular weight excluding hydrogens is 197 g/mol. The summed E-state index contributed by atoms with van der Waals surface area (Å²) in [7, 11) is 1.38. The highest BCUT2D eigenvalue weighted by Gasteiger charge is 2.34. The largest absolute Gasteiger partial charge is 0.435 e. The minimum absolute atomic E-state index is 0.257. The lowest BCUT2D eigenvalue weighted by Crippen LogP contribution is -2.06. The lowest BCUT2D eigenvalue weighted by atomic mass is 10.1. The molecule has 0 aliphatic rings. The number of nitrogens with zero attached hydrogens (tertiary/aromatic N) is 2. The van der Waals surface area contributed by atoms with Crippen LogP contribution in [0.2, 0.25) is 0 Å². The molecule has 0 spiro atoms. The summed E-state index contributed by atoms with van der Waals surface area (Å²) in [6.45, 7) is 1.52. The van der Waals surface area contributed by atoms with Gasteiger partial charge in [-0.25, -0.2) is 0 Å². The van der Waals surface area contributed by atoms with Gasteiger partial charge in [-0.2, -0.15) is 18.3 Å². The van der Waals surface area contributed by atoms with Crippen LogP contribution in [0.4, 0.5) is 13.2 Å². The van der Waals surface area contributed by atoms with Crippen LogP contribution in [-0.2, 0) is 18.0 Å². The molecule has 0 bridgehead atoms. The number of alkyl halides is 3. The van der Waals surface area contributed by atoms with Gasteiger partial charge in [0, 0.05) is 12.7 Å². The van der Waals surface area contributed by atoms with E-state index in [0.717, 1.165) is 10.7 Å². The van der Waals surface area contributed by atoms with E-state index in [4.69, 9.17) is 0 Å². The molecule has 14 heavy (non-hydrogen) atoms. The number of hydrogen-bond donors (Lipinski definition) is 0. The van der Waals surface area contributed by atoms with Crippen LogP contribution in [0.15, 0.2) is 6.07 Å². The minimum Gasteiger partial charge on any atom is -0.303 e. The van der Waals surface area contributed by atoms with Crippen LogP contribution in [0.5, 0.6) is 0 Å². The van der Waals surface area contributed by atoms with Gasteiger partial charge in [0.05, 0.1) is 5.92 Å². The zero-order valence-corrected chi connectivity index (χ0v) is 7.67. The van der Waals surface area contributed by atoms with Gasteiger partial charge in [0.15, 0.2) is 5.69 Å². The molecule has 0 aliphatic carbocycles. The summed E-state index contributed by atoms with van der Waals surface area (Å²) in [4.78, 5) is 10.4. The Bertz CT molecular complexity index is 343. The van der Waals surface area contributed by atoms with Crippen LogP contribution in [0.3, 0.4) is 0 Å². The van der Waals surface area contributed by atoms with Crippen LogP contribution < -0.4 is 0 Å². The molecule has 1 heterocycles. The van der Waals surface area contributed by atoms with E-state index in [1.165, 1.54) is 14.0 Å². The fourth-order valence-corrected chi connectivity index (χ4v) is 1.12. The molecule has 0 fully saturated rings. The first-order chi connectivity index (χ1) is 6.36. The van der Waals surface area contributed by atoms with Gasteiger partial charge >= 0.3 is 6.18 Å². The summed E-state index contributed by atoms with van der Waals surface area (Å²) in [5, 5.41) is 3.28. The van der Waals surface area contributed by atoms with Crippen molar-refractivity contribution in [2.45, 2.75) is 19.0 Å². The molecule has 0 saturated heterocycles. The van der Waals surface area contributed by atoms with Gasteiger partial charge in [-0.15, -0.1) is 0 Å². The van der Waals surface area contributed by atoms with Crippen LogP contribution in [0.25, 0.3) is 0 Å². The summed E-state index contributed by atoms with van der Waals surface area (Å²) in [6, 6.07) is 0.888. The smallest absolute Gasteiger partial charge is 0.303 e. The van der Waals surface area contributed by atoms with Crippen LogP contribution >= 0.6 is 0 Å². The lowest BCUT2D eigenvalue weighted by Gasteiger charge is -2.01. The average molecular weight is 206 g/mol. The number of carbonyl (C=O) groups excluding carboxylic acids is 1. The summed E-state index contributed by atoms with van der Waals surface area (Å²) >= 11 is 0. The fourth-order valence-electron chi connectivity index (χ4n) is 1.12. The molecule has 6 heteroatoms. The third-order valence-corrected chi connectivity index (χ3v) is 1.88. The molecule has 1 unspecified atom stereocenters. The second-order valence-corrected chi connectivity index (χ2v) is 3.00. The highest BCUT2D eigenvalue weighted by atomic mass is 19.4. The van der Waals surface area contributed by atoms with Gasteiger partial charge < -0.3 is 4.79 Å². The molecule has 1 aromatic rings. The summed E-state index contributed by atoms with van der Waals surface area (Å²) < 4.78 is 37.6. The van der Waals surface area contributed by atoms with Crippen molar-refractivity contribution < 1.29 is 18.0 Å². The molecule has 0 radical (unpaired) electrons. The van der Waals surface area contributed by atoms with Crippen molar-refractivity contribution in [3.63, 3.8) is 0 Å². The first-order valence-electron chi connectivity index (χ1n) is 3.92. The van der Waals surface area contributed by atoms with Crippen LogP contribution in [0.1, 0.15) is 24.2 Å². The Morgan fingerprint density at radius 1 is 1.57 bits per heavy atom. The zero-order chi connectivity index (χ0) is 10.9. The van der Waals surface area contributed by atoms with E-state index < -0.39 is 17.8 Å². The van der Waals surface area contributed by atoms with Crippen LogP contribution in [0, 0.1) is 0 Å². The van der Waals surface area contributed by atoms with E-state index in [1.807, 2.05) is 0 Å². The Morgan fingerprint density at radius 2 is 2.14 bits per heavy atom. The summed E-state index contributed by atoms with van der Waals surface area (Å²) in [5.74, 6) is -0.580. The number of hydrogen-bond acceptors (Lipinski definition) is 2. The van der Waals surface area contributed by atoms with E-state index in [-0.39, 0.29) is 5.69 Å². The fraction of sp³-hybridized carbons (Fsp3) is 0.500. The van der Waals surface area contributed by atoms with E-state index in [1.54, 1.807) is 0 Å². The standard InChI is InChI=1S/C8H9F3N2O/c1-5(4-14)6-3-7(8(9,10)11)12-13(6)2/h3-5H,1-2H3. The van der Waals surface area contributed by atoms with Gasteiger partial charge in [-0.1, -0.05) is 6.92 Å². The first kappa shape index (κ1) is 10.7. The van der Waals surface area contributed by atoms with E-state index >= 15 is 0 Å². The Labute approximate surface area is 78.5 Å². The number of aromatic nitrogens is 2. The second kappa shape index (κ2) is 3.43. The van der Waals surface area contributed by atoms with Gasteiger partial charge in [-0.05, 0) is 6.07 Å². The molecule has 3 nitrogen and oxygen atoms in total. The maximum atomic E-state index is 12.2. The molecule has 0 aliphatic heterocycles. The summed E-state index contributed by atoms with van der Waals surface area (Å²) in [5.41, 5.74) is -0.712. The highest BCUT2D eigenvalue weighted by molar-refractivity contribution is 5.60. The molecule has 1 aromatic heterocycles. The number of rotatable bonds is 2. The van der Waals surface area contributed by atoms with E-state index in [0.29, 0.717) is 6.29 Å². The Morgan fingerprint density at radius 3 is 2.50 bits per heavy atom. The molecule has 0 N–H and O–H groups in total. The molecule has 0 aromatic carbocycles. The maximum Gasteiger partial charge on any atom is 0.435 e. The predicted octanol–water partition coefficient (Wildman–Crippen LogP) is 1.74. The van der Waals surface area contributed by atoms with Gasteiger partial charge in [0.2, 0.25) is 0 Å². The number of aryl methyl sites for hydroxylation is 1. The van der Waals surface area contributed by atoms with Crippen molar-refractivity contribution in [1.82, 2.24) is 9.78 Å². The van der Waals surface area contributed by atoms with Crippen LogP contribution in [-0.4, -0.2) is 16.1 Å². The molecular formula is C8H9F3N2O. The quantitative estimate of drug-likeness (QED) is 0.691. The Kier molecular flexibility index (Phi) is 2.64. The topological polar surface area (TPSA) is 34.9 Å². The second-order valence-electron chi connectivity index (χ2n) is 3.00. The van der Waals surface area contributed by atoms with Crippen molar-refractivity contribution in [2.24, 2.45) is 7.05 Å². The highest BCUT2D eigenvalue weighted by Crippen LogP contribution is 2.29. The zero-order valence-electron chi connectivity index (χ0n) is 7.67. The van der Waals surface area contributed by atoms with Gasteiger partial charge in [-0.3, -0.25) is 4.68 Å². The predicted molar refractivity (Wildman–Crippen MR) is 42.7 cm³/mol. The number of halogens is 3. The third kappa shape index (κ3) is 1.94. The number of carbonyl (C=O) groups is 1. The number of aldehydes is 1. The van der Waals surface area contributed by atoms with Crippen molar-refractivity contribution >= 4 is 6.29 Å². The first-order valence-corrected chi connectivity index (χ1v) is 3.92. The minimum atomic E-state index is -4.46. The maximum absolute atomic E-state index is 12.2. The van der Waals surface area contributed by atoms with E-state index in [9.17, 15) is 18.0 Å². The summed E-state index contributed by atoms with van der Waals surface area (Å²) in [6.07, 6.45) is -3.88. The van der Waals surface area contributed by atoms with Crippen molar-refractivity contribution in [3.8, 4) is 0 Å². The molecule has 1 rings (SSSR count). The SMILES string of the molecule is CC(C=O)c1cc(C(F)(F)F)nn1C. The molecule has 1 atom stereocenters. The third-order valence-electron chi connectivity index (χ3n) is 1.88. The van der Waals surface area contributed by atoms with E-state index in [2.05, 4.69) is 5.10 Å². The van der Waals surface area contributed by atoms with Crippen molar-refractivity contribution in [1.29, 1.82) is 0 Å². The Balaban J connectivity index is 3.11. The lowest BCUT2D eigenvalue weighted by molar-refractivity contribution is -0.141. The monoisotopic (exact) mass is 206 g/mol. The molecule has 0 saturated carbocycles. The van der Waals surface area contributed by atoms with Crippen molar-refractivity contribution in [3.05, 3.63) is 17.5 Å². The molecule has 78 valence electrons. The molecule has 0 amide bonds. The average Bonchev–Trinajstić information content (AvgIpc) is 2.45. The van der Waals surface area contributed by atoms with Crippen molar-refractivity contribution in [2.75, 3.05) is 0 Å². The van der Waals surface area contributed by atoms with Gasteiger partial charge in [0.25, 0.3) is 0 Å². The normalized spacial score (nSPS) is 14.1. The van der Waals surface area contributed by atoms with Gasteiger partial charge in [0.1, 0.15) is 6.29 Å².